The highest BCUT2D eigenvalue weighted by atomic mass is 16.4. The van der Waals surface area contributed by atoms with Crippen LogP contribution >= 0.6 is 0 Å². The van der Waals surface area contributed by atoms with Gasteiger partial charge in [-0.05, 0) is 33.6 Å². The number of piperidine rings is 1. The highest BCUT2D eigenvalue weighted by Crippen LogP contribution is 2.27. The molecule has 0 unspecified atom stereocenters. The van der Waals surface area contributed by atoms with Crippen molar-refractivity contribution < 1.29 is 14.7 Å². The van der Waals surface area contributed by atoms with Gasteiger partial charge in [-0.2, -0.15) is 5.10 Å². The first-order valence-electron chi connectivity index (χ1n) is 7.34. The number of aliphatic carboxylic acids is 1. The third-order valence-electron chi connectivity index (χ3n) is 4.45. The van der Waals surface area contributed by atoms with Crippen LogP contribution in [0.2, 0.25) is 0 Å². The van der Waals surface area contributed by atoms with Crippen molar-refractivity contribution in [2.45, 2.75) is 39.5 Å². The lowest BCUT2D eigenvalue weighted by Crippen LogP contribution is -2.44. The molecule has 1 aromatic heterocycles. The molecule has 0 spiro atoms. The monoisotopic (exact) mass is 293 g/mol. The largest absolute Gasteiger partial charge is 0.481 e. The second-order valence-corrected chi connectivity index (χ2v) is 5.89. The predicted molar refractivity (Wildman–Crippen MR) is 78.0 cm³/mol. The average molecular weight is 293 g/mol. The molecule has 116 valence electrons. The minimum atomic E-state index is -0.811. The molecule has 6 heteroatoms. The van der Waals surface area contributed by atoms with Crippen LogP contribution in [-0.4, -0.2) is 44.8 Å². The van der Waals surface area contributed by atoms with E-state index >= 15 is 0 Å². The van der Waals surface area contributed by atoms with Gasteiger partial charge in [-0.1, -0.05) is 0 Å². The molecule has 6 nitrogen and oxygen atoms in total. The standard InChI is InChI=1S/C15H23N3O3/c1-9(13-10(2)16-17(4)11(13)3)14(19)18-7-5-6-12(8-18)15(20)21/h9,12H,5-8H2,1-4H3,(H,20,21)/t9-,12-/m0/s1. The molecule has 0 saturated carbocycles. The van der Waals surface area contributed by atoms with E-state index in [0.717, 1.165) is 23.4 Å². The maximum atomic E-state index is 12.7. The lowest BCUT2D eigenvalue weighted by molar-refractivity contribution is -0.146. The predicted octanol–water partition coefficient (Wildman–Crippen LogP) is 1.46. The summed E-state index contributed by atoms with van der Waals surface area (Å²) < 4.78 is 1.78. The second kappa shape index (κ2) is 5.87. The maximum absolute atomic E-state index is 12.7. The van der Waals surface area contributed by atoms with Crippen molar-refractivity contribution in [3.8, 4) is 0 Å². The van der Waals surface area contributed by atoms with Gasteiger partial charge < -0.3 is 10.0 Å². The molecular weight excluding hydrogens is 270 g/mol. The molecule has 1 fully saturated rings. The molecule has 0 bridgehead atoms. The van der Waals surface area contributed by atoms with Crippen LogP contribution in [0.15, 0.2) is 0 Å². The summed E-state index contributed by atoms with van der Waals surface area (Å²) in [6.45, 7) is 6.70. The van der Waals surface area contributed by atoms with E-state index in [9.17, 15) is 9.59 Å². The molecule has 1 aliphatic heterocycles. The molecule has 2 heterocycles. The fraction of sp³-hybridized carbons (Fsp3) is 0.667. The number of hydrogen-bond acceptors (Lipinski definition) is 3. The minimum absolute atomic E-state index is 0.000139. The number of aromatic nitrogens is 2. The zero-order valence-electron chi connectivity index (χ0n) is 13.1. The number of aryl methyl sites for hydroxylation is 2. The van der Waals surface area contributed by atoms with Crippen molar-refractivity contribution in [1.82, 2.24) is 14.7 Å². The molecule has 21 heavy (non-hydrogen) atoms. The summed E-state index contributed by atoms with van der Waals surface area (Å²) in [5, 5.41) is 13.5. The van der Waals surface area contributed by atoms with Gasteiger partial charge in [-0.3, -0.25) is 14.3 Å². The lowest BCUT2D eigenvalue weighted by Gasteiger charge is -2.32. The lowest BCUT2D eigenvalue weighted by atomic mass is 9.93. The summed E-state index contributed by atoms with van der Waals surface area (Å²) in [7, 11) is 1.87. The van der Waals surface area contributed by atoms with E-state index in [1.165, 1.54) is 0 Å². The van der Waals surface area contributed by atoms with Gasteiger partial charge in [0.1, 0.15) is 0 Å². The van der Waals surface area contributed by atoms with Crippen LogP contribution < -0.4 is 0 Å². The Morgan fingerprint density at radius 2 is 2.05 bits per heavy atom. The third-order valence-corrected chi connectivity index (χ3v) is 4.45. The Morgan fingerprint density at radius 1 is 1.38 bits per heavy atom. The number of likely N-dealkylation sites (tertiary alicyclic amines) is 1. The van der Waals surface area contributed by atoms with E-state index in [1.54, 1.807) is 9.58 Å². The van der Waals surface area contributed by atoms with Crippen LogP contribution in [0, 0.1) is 19.8 Å². The van der Waals surface area contributed by atoms with Gasteiger partial charge in [0.2, 0.25) is 5.91 Å². The van der Waals surface area contributed by atoms with Crippen molar-refractivity contribution in [2.24, 2.45) is 13.0 Å². The number of carbonyl (C=O) groups is 2. The number of nitrogens with zero attached hydrogens (tertiary/aromatic N) is 3. The number of amides is 1. The summed E-state index contributed by atoms with van der Waals surface area (Å²) in [6.07, 6.45) is 1.40. The third kappa shape index (κ3) is 2.94. The van der Waals surface area contributed by atoms with E-state index in [4.69, 9.17) is 5.11 Å². The van der Waals surface area contributed by atoms with Gasteiger partial charge in [0.25, 0.3) is 0 Å². The number of carbonyl (C=O) groups excluding carboxylic acids is 1. The van der Waals surface area contributed by atoms with Gasteiger partial charge in [-0.15, -0.1) is 0 Å². The molecule has 0 aromatic carbocycles. The van der Waals surface area contributed by atoms with Gasteiger partial charge in [0.15, 0.2) is 0 Å². The van der Waals surface area contributed by atoms with E-state index in [2.05, 4.69) is 5.10 Å². The van der Waals surface area contributed by atoms with E-state index in [0.29, 0.717) is 19.5 Å². The Hall–Kier alpha value is -1.85. The first kappa shape index (κ1) is 15.5. The van der Waals surface area contributed by atoms with Crippen molar-refractivity contribution in [1.29, 1.82) is 0 Å². The molecule has 1 aliphatic rings. The van der Waals surface area contributed by atoms with Crippen LogP contribution in [0.3, 0.4) is 0 Å². The quantitative estimate of drug-likeness (QED) is 0.915. The highest BCUT2D eigenvalue weighted by molar-refractivity contribution is 5.84. The molecule has 0 aliphatic carbocycles. The van der Waals surface area contributed by atoms with Gasteiger partial charge in [-0.25, -0.2) is 0 Å². The minimum Gasteiger partial charge on any atom is -0.481 e. The molecule has 1 amide bonds. The van der Waals surface area contributed by atoms with Gasteiger partial charge >= 0.3 is 5.97 Å². The van der Waals surface area contributed by atoms with Gasteiger partial charge in [0, 0.05) is 31.4 Å². The number of carboxylic acids is 1. The smallest absolute Gasteiger partial charge is 0.308 e. The van der Waals surface area contributed by atoms with Crippen molar-refractivity contribution in [3.05, 3.63) is 17.0 Å². The van der Waals surface area contributed by atoms with Crippen molar-refractivity contribution in [3.63, 3.8) is 0 Å². The first-order chi connectivity index (χ1) is 9.82. The number of hydrogen-bond donors (Lipinski definition) is 1. The summed E-state index contributed by atoms with van der Waals surface area (Å²) in [4.78, 5) is 25.5. The Balaban J connectivity index is 2.17. The SMILES string of the molecule is Cc1nn(C)c(C)c1[C@H](C)C(=O)N1CCC[C@H](C(=O)O)C1. The van der Waals surface area contributed by atoms with Crippen LogP contribution in [0.25, 0.3) is 0 Å². The Kier molecular flexibility index (Phi) is 4.34. The van der Waals surface area contributed by atoms with Crippen molar-refractivity contribution >= 4 is 11.9 Å². The highest BCUT2D eigenvalue weighted by Gasteiger charge is 2.32. The van der Waals surface area contributed by atoms with E-state index in [1.807, 2.05) is 27.8 Å². The molecule has 1 N–H and O–H groups in total. The van der Waals surface area contributed by atoms with Crippen LogP contribution in [-0.2, 0) is 16.6 Å². The second-order valence-electron chi connectivity index (χ2n) is 5.89. The Bertz CT molecular complexity index is 565. The maximum Gasteiger partial charge on any atom is 0.308 e. The number of rotatable bonds is 3. The molecular formula is C15H23N3O3. The molecule has 2 rings (SSSR count). The molecule has 0 radical (unpaired) electrons. The molecule has 2 atom stereocenters. The fourth-order valence-corrected chi connectivity index (χ4v) is 3.19. The van der Waals surface area contributed by atoms with Crippen LogP contribution in [0.5, 0.6) is 0 Å². The summed E-state index contributed by atoms with van der Waals surface area (Å²) in [6, 6.07) is 0. The Morgan fingerprint density at radius 3 is 2.57 bits per heavy atom. The molecule has 1 saturated heterocycles. The topological polar surface area (TPSA) is 75.4 Å². The van der Waals surface area contributed by atoms with E-state index in [-0.39, 0.29) is 11.8 Å². The normalized spacial score (nSPS) is 20.4. The first-order valence-corrected chi connectivity index (χ1v) is 7.34. The zero-order valence-corrected chi connectivity index (χ0v) is 13.1. The summed E-state index contributed by atoms with van der Waals surface area (Å²) in [5.74, 6) is -1.54. The summed E-state index contributed by atoms with van der Waals surface area (Å²) >= 11 is 0. The molecule has 1 aromatic rings. The number of carboxylic acid groups (broad SMARTS) is 1. The summed E-state index contributed by atoms with van der Waals surface area (Å²) in [5.41, 5.74) is 2.81. The Labute approximate surface area is 124 Å². The van der Waals surface area contributed by atoms with E-state index < -0.39 is 11.9 Å². The average Bonchev–Trinajstić information content (AvgIpc) is 2.70. The van der Waals surface area contributed by atoms with Crippen molar-refractivity contribution in [2.75, 3.05) is 13.1 Å². The van der Waals surface area contributed by atoms with Gasteiger partial charge in [0.05, 0.1) is 17.5 Å². The van der Waals surface area contributed by atoms with Crippen LogP contribution in [0.1, 0.15) is 42.6 Å². The zero-order chi connectivity index (χ0) is 15.7. The van der Waals surface area contributed by atoms with Crippen LogP contribution in [0.4, 0.5) is 0 Å². The fourth-order valence-electron chi connectivity index (χ4n) is 3.19.